The van der Waals surface area contributed by atoms with Crippen molar-refractivity contribution >= 4 is 54.2 Å². The van der Waals surface area contributed by atoms with Crippen LogP contribution in [0.5, 0.6) is 0 Å². The monoisotopic (exact) mass is 615 g/mol. The van der Waals surface area contributed by atoms with Gasteiger partial charge in [0.05, 0.1) is 27.4 Å². The van der Waals surface area contributed by atoms with E-state index in [-0.39, 0.29) is 22.6 Å². The number of sulfonamides is 1. The first-order valence-electron chi connectivity index (χ1n) is 13.8. The molecule has 0 radical (unpaired) electrons. The Morgan fingerprint density at radius 1 is 1.00 bits per heavy atom. The van der Waals surface area contributed by atoms with Gasteiger partial charge in [-0.05, 0) is 80.6 Å². The lowest BCUT2D eigenvalue weighted by Gasteiger charge is -2.26. The number of hydrogen-bond acceptors (Lipinski definition) is 6. The zero-order valence-corrected chi connectivity index (χ0v) is 27.1. The van der Waals surface area contributed by atoms with Crippen LogP contribution in [0.1, 0.15) is 55.0 Å². The van der Waals surface area contributed by atoms with Crippen LogP contribution in [0.3, 0.4) is 0 Å². The SMILES string of the molecule is Cc1cc(C)n(CCN(C(=O)c2ccc(S(=O)(=O)N(CC(C)C)CC(C)C)cc2)c2nc3c(C)cc(Cl)cc3s2)n1. The number of fused-ring (bicyclic) bond motifs is 1. The van der Waals surface area contributed by atoms with Gasteiger partial charge < -0.3 is 0 Å². The third kappa shape index (κ3) is 7.17. The quantitative estimate of drug-likeness (QED) is 0.187. The molecule has 0 aliphatic carbocycles. The Balaban J connectivity index is 1.67. The van der Waals surface area contributed by atoms with Gasteiger partial charge >= 0.3 is 0 Å². The van der Waals surface area contributed by atoms with Crippen molar-refractivity contribution in [3.63, 3.8) is 0 Å². The number of hydrogen-bond donors (Lipinski definition) is 0. The minimum absolute atomic E-state index is 0.176. The van der Waals surface area contributed by atoms with Crippen molar-refractivity contribution in [2.45, 2.75) is 59.9 Å². The fraction of sp³-hybridized carbons (Fsp3) is 0.433. The molecule has 0 bridgehead atoms. The summed E-state index contributed by atoms with van der Waals surface area (Å²) in [5.41, 5.74) is 4.03. The van der Waals surface area contributed by atoms with Gasteiger partial charge in [0.2, 0.25) is 10.0 Å². The van der Waals surface area contributed by atoms with Crippen LogP contribution in [-0.2, 0) is 16.6 Å². The van der Waals surface area contributed by atoms with Gasteiger partial charge in [-0.2, -0.15) is 9.40 Å². The van der Waals surface area contributed by atoms with Crippen LogP contribution >= 0.6 is 22.9 Å². The molecular weight excluding hydrogens is 578 g/mol. The average Bonchev–Trinajstić information content (AvgIpc) is 3.45. The highest BCUT2D eigenvalue weighted by molar-refractivity contribution is 7.89. The van der Waals surface area contributed by atoms with Gasteiger partial charge in [-0.3, -0.25) is 14.4 Å². The lowest BCUT2D eigenvalue weighted by Crippen LogP contribution is -2.37. The molecule has 41 heavy (non-hydrogen) atoms. The van der Waals surface area contributed by atoms with Crippen LogP contribution in [0.15, 0.2) is 47.4 Å². The van der Waals surface area contributed by atoms with E-state index in [9.17, 15) is 13.2 Å². The van der Waals surface area contributed by atoms with E-state index in [4.69, 9.17) is 16.6 Å². The number of aromatic nitrogens is 3. The Morgan fingerprint density at radius 2 is 1.63 bits per heavy atom. The lowest BCUT2D eigenvalue weighted by molar-refractivity contribution is 0.0985. The second kappa shape index (κ2) is 12.6. The van der Waals surface area contributed by atoms with Crippen LogP contribution in [-0.4, -0.2) is 53.0 Å². The van der Waals surface area contributed by atoms with E-state index in [1.165, 1.54) is 27.8 Å². The number of carbonyl (C=O) groups is 1. The molecule has 2 heterocycles. The molecule has 0 N–H and O–H groups in total. The first kappa shape index (κ1) is 31.2. The molecule has 220 valence electrons. The van der Waals surface area contributed by atoms with E-state index >= 15 is 0 Å². The molecular formula is C30H38ClN5O3S2. The summed E-state index contributed by atoms with van der Waals surface area (Å²) in [5.74, 6) is 0.111. The maximum absolute atomic E-state index is 13.9. The number of carbonyl (C=O) groups excluding carboxylic acids is 1. The van der Waals surface area contributed by atoms with Gasteiger partial charge in [0.15, 0.2) is 5.13 Å². The number of benzene rings is 2. The molecule has 0 atom stereocenters. The van der Waals surface area contributed by atoms with Gasteiger partial charge in [0, 0.05) is 35.9 Å². The number of halogens is 1. The minimum atomic E-state index is -3.71. The summed E-state index contributed by atoms with van der Waals surface area (Å²) >= 11 is 7.70. The molecule has 0 saturated heterocycles. The molecule has 0 aliphatic heterocycles. The van der Waals surface area contributed by atoms with E-state index in [0.29, 0.717) is 41.9 Å². The highest BCUT2D eigenvalue weighted by Crippen LogP contribution is 2.34. The van der Waals surface area contributed by atoms with Crippen molar-refractivity contribution in [2.75, 3.05) is 24.5 Å². The van der Waals surface area contributed by atoms with Crippen LogP contribution in [0.25, 0.3) is 10.2 Å². The third-order valence-corrected chi connectivity index (χ3v) is 9.72. The smallest absolute Gasteiger partial charge is 0.260 e. The summed E-state index contributed by atoms with van der Waals surface area (Å²) in [6, 6.07) is 11.9. The number of rotatable bonds is 11. The van der Waals surface area contributed by atoms with Crippen molar-refractivity contribution in [3.8, 4) is 0 Å². The molecule has 0 spiro atoms. The Hall–Kier alpha value is -2.79. The Bertz CT molecular complexity index is 1630. The number of aryl methyl sites for hydroxylation is 3. The molecule has 8 nitrogen and oxygen atoms in total. The third-order valence-electron chi connectivity index (χ3n) is 6.63. The average molecular weight is 616 g/mol. The summed E-state index contributed by atoms with van der Waals surface area (Å²) in [7, 11) is -3.71. The van der Waals surface area contributed by atoms with Crippen LogP contribution in [0.2, 0.25) is 5.02 Å². The van der Waals surface area contributed by atoms with Gasteiger partial charge in [-0.15, -0.1) is 0 Å². The van der Waals surface area contributed by atoms with Crippen LogP contribution in [0, 0.1) is 32.6 Å². The minimum Gasteiger partial charge on any atom is -0.282 e. The first-order valence-corrected chi connectivity index (χ1v) is 16.4. The Morgan fingerprint density at radius 3 is 2.20 bits per heavy atom. The summed E-state index contributed by atoms with van der Waals surface area (Å²) < 4.78 is 31.3. The summed E-state index contributed by atoms with van der Waals surface area (Å²) in [6.45, 7) is 15.6. The molecule has 2 aromatic carbocycles. The Labute approximate surface area is 252 Å². The molecule has 0 unspecified atom stereocenters. The van der Waals surface area contributed by atoms with Crippen molar-refractivity contribution in [2.24, 2.45) is 11.8 Å². The largest absolute Gasteiger partial charge is 0.282 e. The van der Waals surface area contributed by atoms with E-state index < -0.39 is 10.0 Å². The maximum atomic E-state index is 13.9. The van der Waals surface area contributed by atoms with Crippen molar-refractivity contribution < 1.29 is 13.2 Å². The molecule has 1 amide bonds. The highest BCUT2D eigenvalue weighted by atomic mass is 35.5. The van der Waals surface area contributed by atoms with Gasteiger partial charge in [0.25, 0.3) is 5.91 Å². The number of amides is 1. The van der Waals surface area contributed by atoms with Gasteiger partial charge in [-0.25, -0.2) is 13.4 Å². The van der Waals surface area contributed by atoms with E-state index in [2.05, 4.69) is 5.10 Å². The second-order valence-electron chi connectivity index (χ2n) is 11.3. The van der Waals surface area contributed by atoms with Gasteiger partial charge in [-0.1, -0.05) is 50.6 Å². The Kier molecular flexibility index (Phi) is 9.58. The van der Waals surface area contributed by atoms with Crippen molar-refractivity contribution in [1.82, 2.24) is 19.1 Å². The first-order chi connectivity index (χ1) is 19.3. The fourth-order valence-corrected chi connectivity index (χ4v) is 8.01. The molecule has 2 aromatic heterocycles. The predicted octanol–water partition coefficient (Wildman–Crippen LogP) is 6.72. The topological polar surface area (TPSA) is 88.4 Å². The molecule has 11 heteroatoms. The molecule has 4 rings (SSSR count). The standard InChI is InChI=1S/C30H38ClN5O3S2/c1-19(2)17-34(18-20(3)4)41(38,39)26-10-8-24(9-11-26)29(37)35(12-13-36-23(7)15-22(6)33-36)30-32-28-21(5)14-25(31)16-27(28)40-30/h8-11,14-16,19-20H,12-13,17-18H2,1-7H3. The number of nitrogens with zero attached hydrogens (tertiary/aromatic N) is 5. The van der Waals surface area contributed by atoms with E-state index in [0.717, 1.165) is 27.2 Å². The summed E-state index contributed by atoms with van der Waals surface area (Å²) in [5, 5.41) is 5.71. The number of thiazole rings is 1. The van der Waals surface area contributed by atoms with Gasteiger partial charge in [0.1, 0.15) is 0 Å². The fourth-order valence-electron chi connectivity index (χ4n) is 4.80. The second-order valence-corrected chi connectivity index (χ2v) is 14.7. The lowest BCUT2D eigenvalue weighted by atomic mass is 10.2. The van der Waals surface area contributed by atoms with Crippen LogP contribution in [0.4, 0.5) is 5.13 Å². The zero-order chi connectivity index (χ0) is 30.1. The van der Waals surface area contributed by atoms with E-state index in [1.807, 2.05) is 71.3 Å². The van der Waals surface area contributed by atoms with Crippen LogP contribution < -0.4 is 4.90 Å². The van der Waals surface area contributed by atoms with Crippen molar-refractivity contribution in [1.29, 1.82) is 0 Å². The summed E-state index contributed by atoms with van der Waals surface area (Å²) in [4.78, 5) is 20.6. The molecule has 0 saturated carbocycles. The molecule has 0 aliphatic rings. The summed E-state index contributed by atoms with van der Waals surface area (Å²) in [6.07, 6.45) is 0. The normalized spacial score (nSPS) is 12.3. The molecule has 0 fully saturated rings. The van der Waals surface area contributed by atoms with Crippen molar-refractivity contribution in [3.05, 3.63) is 70.0 Å². The zero-order valence-electron chi connectivity index (χ0n) is 24.7. The maximum Gasteiger partial charge on any atom is 0.260 e. The molecule has 4 aromatic rings. The predicted molar refractivity (Wildman–Crippen MR) is 168 cm³/mol. The van der Waals surface area contributed by atoms with E-state index in [1.54, 1.807) is 17.0 Å². The number of anilines is 1. The highest BCUT2D eigenvalue weighted by Gasteiger charge is 2.27.